The van der Waals surface area contributed by atoms with Crippen LogP contribution in [0.5, 0.6) is 5.75 Å². The van der Waals surface area contributed by atoms with Gasteiger partial charge in [0, 0.05) is 11.8 Å². The number of esters is 1. The number of aromatic hydroxyl groups is 1. The van der Waals surface area contributed by atoms with Gasteiger partial charge in [-0.05, 0) is 103 Å². The molecule has 4 heteroatoms. The fourth-order valence-electron chi connectivity index (χ4n) is 7.17. The molecule has 0 aromatic heterocycles. The van der Waals surface area contributed by atoms with Crippen molar-refractivity contribution in [3.63, 3.8) is 0 Å². The van der Waals surface area contributed by atoms with E-state index in [1.807, 2.05) is 36.4 Å². The molecule has 2 aromatic rings. The van der Waals surface area contributed by atoms with E-state index in [4.69, 9.17) is 4.74 Å². The Hall–Kier alpha value is -2.62. The van der Waals surface area contributed by atoms with Crippen molar-refractivity contribution in [2.75, 3.05) is 7.11 Å². The standard InChI is InChI=1S/C28H32O4/c1-28-14-13-23-22-12-10-21(29)15-19(22)9-11-24(23)26(28)20(16-25(28)30)8-5-17-3-6-18(7-4-17)27(31)32-2/h3-4,6-7,10,12,15,20,23-24,26,29H,5,8-9,11,13-14,16H2,1-2H3/t20-,23+,24+,26-,28+/m0/s1. The monoisotopic (exact) mass is 432 g/mol. The lowest BCUT2D eigenvalue weighted by molar-refractivity contribution is -0.129. The van der Waals surface area contributed by atoms with Gasteiger partial charge in [-0.25, -0.2) is 4.79 Å². The maximum Gasteiger partial charge on any atom is 0.337 e. The summed E-state index contributed by atoms with van der Waals surface area (Å²) in [6.45, 7) is 2.23. The lowest BCUT2D eigenvalue weighted by Crippen LogP contribution is -2.44. The Kier molecular flexibility index (Phi) is 5.35. The second kappa shape index (κ2) is 8.06. The number of hydrogen-bond donors (Lipinski definition) is 1. The summed E-state index contributed by atoms with van der Waals surface area (Å²) in [5.74, 6) is 2.41. The number of carbonyl (C=O) groups excluding carboxylic acids is 2. The highest BCUT2D eigenvalue weighted by atomic mass is 16.5. The highest BCUT2D eigenvalue weighted by Gasteiger charge is 2.58. The molecule has 0 saturated heterocycles. The number of aryl methyl sites for hydroxylation is 2. The summed E-state index contributed by atoms with van der Waals surface area (Å²) >= 11 is 0. The Morgan fingerprint density at radius 1 is 1.16 bits per heavy atom. The van der Waals surface area contributed by atoms with E-state index in [1.54, 1.807) is 0 Å². The van der Waals surface area contributed by atoms with Crippen molar-refractivity contribution in [2.24, 2.45) is 23.2 Å². The molecule has 0 radical (unpaired) electrons. The van der Waals surface area contributed by atoms with E-state index in [9.17, 15) is 14.7 Å². The summed E-state index contributed by atoms with van der Waals surface area (Å²) in [7, 11) is 1.40. The van der Waals surface area contributed by atoms with Gasteiger partial charge in [-0.3, -0.25) is 4.79 Å². The number of carbonyl (C=O) groups is 2. The minimum Gasteiger partial charge on any atom is -0.508 e. The second-order valence-electron chi connectivity index (χ2n) is 10.3. The molecule has 5 rings (SSSR count). The second-order valence-corrected chi connectivity index (χ2v) is 10.3. The van der Waals surface area contributed by atoms with Crippen LogP contribution in [0.1, 0.15) is 72.0 Å². The smallest absolute Gasteiger partial charge is 0.337 e. The molecule has 0 spiro atoms. The van der Waals surface area contributed by atoms with Crippen LogP contribution in [0, 0.1) is 23.2 Å². The number of phenolic OH excluding ortho intramolecular Hbond substituents is 1. The molecular weight excluding hydrogens is 400 g/mol. The summed E-state index contributed by atoms with van der Waals surface area (Å²) in [6, 6.07) is 13.6. The molecule has 2 saturated carbocycles. The van der Waals surface area contributed by atoms with E-state index in [1.165, 1.54) is 23.8 Å². The maximum absolute atomic E-state index is 13.2. The summed E-state index contributed by atoms with van der Waals surface area (Å²) in [4.78, 5) is 24.9. The lowest BCUT2D eigenvalue weighted by Gasteiger charge is -2.50. The van der Waals surface area contributed by atoms with Gasteiger partial charge >= 0.3 is 5.97 Å². The van der Waals surface area contributed by atoms with Gasteiger partial charge in [0.2, 0.25) is 0 Å². The first-order chi connectivity index (χ1) is 15.4. The van der Waals surface area contributed by atoms with Gasteiger partial charge < -0.3 is 9.84 Å². The van der Waals surface area contributed by atoms with E-state index in [2.05, 4.69) is 13.0 Å². The fraction of sp³-hybridized carbons (Fsp3) is 0.500. The van der Waals surface area contributed by atoms with Crippen molar-refractivity contribution in [3.05, 3.63) is 64.7 Å². The van der Waals surface area contributed by atoms with Crippen molar-refractivity contribution in [3.8, 4) is 5.75 Å². The molecule has 5 atom stereocenters. The number of benzene rings is 2. The van der Waals surface area contributed by atoms with E-state index in [-0.39, 0.29) is 11.4 Å². The number of fused-ring (bicyclic) bond motifs is 5. The quantitative estimate of drug-likeness (QED) is 0.652. The predicted molar refractivity (Wildman–Crippen MR) is 123 cm³/mol. The Bertz CT molecular complexity index is 1040. The highest BCUT2D eigenvalue weighted by molar-refractivity contribution is 5.89. The molecule has 0 aliphatic heterocycles. The number of ether oxygens (including phenoxy) is 1. The Morgan fingerprint density at radius 3 is 2.69 bits per heavy atom. The molecule has 0 bridgehead atoms. The van der Waals surface area contributed by atoms with Crippen LogP contribution in [0.3, 0.4) is 0 Å². The molecule has 1 N–H and O–H groups in total. The molecule has 4 nitrogen and oxygen atoms in total. The summed E-state index contributed by atoms with van der Waals surface area (Å²) < 4.78 is 4.79. The highest BCUT2D eigenvalue weighted by Crippen LogP contribution is 2.62. The first-order valence-electron chi connectivity index (χ1n) is 11.9. The molecule has 168 valence electrons. The molecular formula is C28H32O4. The Morgan fingerprint density at radius 2 is 1.94 bits per heavy atom. The van der Waals surface area contributed by atoms with Crippen LogP contribution in [0.25, 0.3) is 0 Å². The van der Waals surface area contributed by atoms with Crippen LogP contribution >= 0.6 is 0 Å². The molecule has 32 heavy (non-hydrogen) atoms. The largest absolute Gasteiger partial charge is 0.508 e. The van der Waals surface area contributed by atoms with E-state index in [0.717, 1.165) is 38.5 Å². The fourth-order valence-corrected chi connectivity index (χ4v) is 7.17. The first kappa shape index (κ1) is 21.2. The van der Waals surface area contributed by atoms with Crippen LogP contribution in [0.4, 0.5) is 0 Å². The number of hydrogen-bond acceptors (Lipinski definition) is 4. The SMILES string of the molecule is COC(=O)c1ccc(CC[C@H]2CC(=O)[C@@]3(C)CC[C@@H]4c5ccc(O)cc5CC[C@H]4[C@H]23)cc1. The number of rotatable bonds is 4. The normalized spacial score (nSPS) is 30.9. The van der Waals surface area contributed by atoms with Crippen LogP contribution in [-0.4, -0.2) is 24.0 Å². The van der Waals surface area contributed by atoms with Gasteiger partial charge in [0.15, 0.2) is 0 Å². The third-order valence-corrected chi connectivity index (χ3v) is 8.73. The third kappa shape index (κ3) is 3.44. The Labute approximate surface area is 190 Å². The number of Topliss-reactive ketones (excluding diaryl/α,β-unsaturated/α-hetero) is 1. The molecule has 2 aromatic carbocycles. The van der Waals surface area contributed by atoms with E-state index in [0.29, 0.717) is 47.2 Å². The molecule has 2 fully saturated rings. The van der Waals surface area contributed by atoms with Crippen molar-refractivity contribution in [1.82, 2.24) is 0 Å². The third-order valence-electron chi connectivity index (χ3n) is 8.73. The molecule has 0 heterocycles. The molecule has 3 aliphatic carbocycles. The number of phenols is 1. The van der Waals surface area contributed by atoms with Crippen molar-refractivity contribution in [2.45, 2.75) is 57.8 Å². The van der Waals surface area contributed by atoms with Crippen molar-refractivity contribution >= 4 is 11.8 Å². The number of ketones is 1. The van der Waals surface area contributed by atoms with Crippen LogP contribution in [-0.2, 0) is 22.4 Å². The maximum atomic E-state index is 13.2. The lowest BCUT2D eigenvalue weighted by atomic mass is 9.54. The van der Waals surface area contributed by atoms with Gasteiger partial charge in [0.05, 0.1) is 12.7 Å². The molecule has 0 unspecified atom stereocenters. The summed E-state index contributed by atoms with van der Waals surface area (Å²) in [5, 5.41) is 9.92. The predicted octanol–water partition coefficient (Wildman–Crippen LogP) is 5.46. The summed E-state index contributed by atoms with van der Waals surface area (Å²) in [5.41, 5.74) is 4.28. The van der Waals surface area contributed by atoms with Crippen LogP contribution < -0.4 is 0 Å². The average molecular weight is 433 g/mol. The van der Waals surface area contributed by atoms with Gasteiger partial charge in [0.25, 0.3) is 0 Å². The van der Waals surface area contributed by atoms with Gasteiger partial charge in [-0.1, -0.05) is 25.1 Å². The topological polar surface area (TPSA) is 63.6 Å². The zero-order valence-corrected chi connectivity index (χ0v) is 19.0. The van der Waals surface area contributed by atoms with Crippen LogP contribution in [0.2, 0.25) is 0 Å². The Balaban J connectivity index is 1.36. The van der Waals surface area contributed by atoms with Crippen molar-refractivity contribution < 1.29 is 19.4 Å². The molecule has 3 aliphatic rings. The average Bonchev–Trinajstić information content (AvgIpc) is 3.07. The van der Waals surface area contributed by atoms with Gasteiger partial charge in [-0.2, -0.15) is 0 Å². The van der Waals surface area contributed by atoms with E-state index < -0.39 is 0 Å². The first-order valence-corrected chi connectivity index (χ1v) is 11.9. The minimum absolute atomic E-state index is 0.186. The number of methoxy groups -OCH3 is 1. The van der Waals surface area contributed by atoms with Crippen molar-refractivity contribution in [1.29, 1.82) is 0 Å². The zero-order valence-electron chi connectivity index (χ0n) is 19.0. The van der Waals surface area contributed by atoms with Crippen LogP contribution in [0.15, 0.2) is 42.5 Å². The van der Waals surface area contributed by atoms with Gasteiger partial charge in [-0.15, -0.1) is 0 Å². The molecule has 0 amide bonds. The van der Waals surface area contributed by atoms with E-state index >= 15 is 0 Å². The summed E-state index contributed by atoms with van der Waals surface area (Å²) in [6.07, 6.45) is 6.79. The minimum atomic E-state index is -0.312. The van der Waals surface area contributed by atoms with Gasteiger partial charge in [0.1, 0.15) is 11.5 Å². The zero-order chi connectivity index (χ0) is 22.5.